The van der Waals surface area contributed by atoms with E-state index in [4.69, 9.17) is 9.47 Å². The number of pyridine rings is 1. The van der Waals surface area contributed by atoms with E-state index in [0.29, 0.717) is 77.2 Å². The van der Waals surface area contributed by atoms with Crippen LogP contribution in [0, 0.1) is 10.1 Å². The van der Waals surface area contributed by atoms with E-state index < -0.39 is 4.92 Å². The van der Waals surface area contributed by atoms with Gasteiger partial charge in [-0.25, -0.2) is 14.6 Å². The van der Waals surface area contributed by atoms with Crippen molar-refractivity contribution >= 4 is 29.5 Å². The summed E-state index contributed by atoms with van der Waals surface area (Å²) in [5.41, 5.74) is -0.0708. The summed E-state index contributed by atoms with van der Waals surface area (Å²) in [4.78, 5) is 46.6. The molecule has 2 fully saturated rings. The maximum Gasteiger partial charge on any atom is 0.409 e. The molecule has 0 spiro atoms. The Labute approximate surface area is 180 Å². The molecule has 12 nitrogen and oxygen atoms in total. The molecular formula is C19H28N6O6. The average molecular weight is 436 g/mol. The van der Waals surface area contributed by atoms with Gasteiger partial charge in [0.15, 0.2) is 0 Å². The van der Waals surface area contributed by atoms with Gasteiger partial charge in [0.1, 0.15) is 5.82 Å². The van der Waals surface area contributed by atoms with Crippen molar-refractivity contribution in [3.63, 3.8) is 0 Å². The lowest BCUT2D eigenvalue weighted by Crippen LogP contribution is -2.50. The predicted octanol–water partition coefficient (Wildman–Crippen LogP) is 1.55. The first kappa shape index (κ1) is 22.4. The van der Waals surface area contributed by atoms with Crippen LogP contribution >= 0.6 is 0 Å². The molecule has 2 saturated heterocycles. The first-order chi connectivity index (χ1) is 14.9. The third-order valence-electron chi connectivity index (χ3n) is 5.27. The number of ether oxygens (including phenoxy) is 2. The maximum atomic E-state index is 11.9. The lowest BCUT2D eigenvalue weighted by Gasteiger charge is -2.36. The van der Waals surface area contributed by atoms with Crippen LogP contribution in [-0.4, -0.2) is 97.5 Å². The van der Waals surface area contributed by atoms with Crippen LogP contribution in [0.3, 0.4) is 0 Å². The van der Waals surface area contributed by atoms with E-state index in [1.807, 2.05) is 9.80 Å². The Morgan fingerprint density at radius 1 is 0.903 bits per heavy atom. The molecule has 3 rings (SSSR count). The standard InChI is InChI=1S/C19H28N6O6/c1-3-30-18(26)23-11-7-21(8-12-23)16-6-5-15(25(28)29)17(20-16)22-9-13-24(14-10-22)19(27)31-4-2/h5-6H,3-4,7-14H2,1-2H3. The monoisotopic (exact) mass is 436 g/mol. The minimum atomic E-state index is -0.442. The van der Waals surface area contributed by atoms with E-state index in [2.05, 4.69) is 4.98 Å². The summed E-state index contributed by atoms with van der Waals surface area (Å²) >= 11 is 0. The summed E-state index contributed by atoms with van der Waals surface area (Å²) < 4.78 is 10.1. The number of piperazine rings is 2. The van der Waals surface area contributed by atoms with Crippen LogP contribution in [0.5, 0.6) is 0 Å². The molecule has 0 N–H and O–H groups in total. The molecule has 0 atom stereocenters. The number of hydrogen-bond acceptors (Lipinski definition) is 9. The van der Waals surface area contributed by atoms with Gasteiger partial charge in [-0.15, -0.1) is 0 Å². The van der Waals surface area contributed by atoms with Crippen LogP contribution in [0.1, 0.15) is 13.8 Å². The normalized spacial score (nSPS) is 16.8. The number of carbonyl (C=O) groups is 2. The average Bonchev–Trinajstić information content (AvgIpc) is 2.79. The number of nitrogens with zero attached hydrogens (tertiary/aromatic N) is 6. The summed E-state index contributed by atoms with van der Waals surface area (Å²) in [7, 11) is 0. The summed E-state index contributed by atoms with van der Waals surface area (Å²) in [5.74, 6) is 0.913. The van der Waals surface area contributed by atoms with Crippen molar-refractivity contribution in [1.29, 1.82) is 0 Å². The van der Waals surface area contributed by atoms with Gasteiger partial charge in [0.05, 0.1) is 18.1 Å². The molecule has 0 radical (unpaired) electrons. The fourth-order valence-corrected chi connectivity index (χ4v) is 3.63. The first-order valence-corrected chi connectivity index (χ1v) is 10.4. The Hall–Kier alpha value is -3.31. The summed E-state index contributed by atoms with van der Waals surface area (Å²) in [6, 6.07) is 3.10. The van der Waals surface area contributed by atoms with Crippen molar-refractivity contribution in [2.75, 3.05) is 75.4 Å². The molecule has 0 aliphatic carbocycles. The van der Waals surface area contributed by atoms with Crippen molar-refractivity contribution in [2.24, 2.45) is 0 Å². The smallest absolute Gasteiger partial charge is 0.409 e. The predicted molar refractivity (Wildman–Crippen MR) is 113 cm³/mol. The van der Waals surface area contributed by atoms with Crippen LogP contribution < -0.4 is 9.80 Å². The van der Waals surface area contributed by atoms with Gasteiger partial charge in [0.25, 0.3) is 0 Å². The van der Waals surface area contributed by atoms with Crippen LogP contribution in [0.2, 0.25) is 0 Å². The Morgan fingerprint density at radius 3 is 1.84 bits per heavy atom. The second kappa shape index (κ2) is 10.1. The van der Waals surface area contributed by atoms with Crippen LogP contribution in [0.25, 0.3) is 0 Å². The number of amides is 2. The van der Waals surface area contributed by atoms with Gasteiger partial charge >= 0.3 is 17.9 Å². The highest BCUT2D eigenvalue weighted by atomic mass is 16.6. The Bertz CT molecular complexity index is 805. The lowest BCUT2D eigenvalue weighted by atomic mass is 10.2. The van der Waals surface area contributed by atoms with E-state index in [1.165, 1.54) is 6.07 Å². The van der Waals surface area contributed by atoms with Gasteiger partial charge in [-0.1, -0.05) is 0 Å². The number of carbonyl (C=O) groups excluding carboxylic acids is 2. The molecule has 1 aromatic heterocycles. The number of nitro groups is 1. The van der Waals surface area contributed by atoms with E-state index in [9.17, 15) is 19.7 Å². The van der Waals surface area contributed by atoms with E-state index in [0.717, 1.165) is 0 Å². The highest BCUT2D eigenvalue weighted by Gasteiger charge is 2.29. The number of rotatable bonds is 5. The van der Waals surface area contributed by atoms with Gasteiger partial charge in [0, 0.05) is 58.4 Å². The zero-order chi connectivity index (χ0) is 22.4. The molecule has 0 bridgehead atoms. The van der Waals surface area contributed by atoms with Gasteiger partial charge in [-0.3, -0.25) is 10.1 Å². The molecule has 12 heteroatoms. The lowest BCUT2D eigenvalue weighted by molar-refractivity contribution is -0.384. The highest BCUT2D eigenvalue weighted by molar-refractivity contribution is 5.69. The minimum absolute atomic E-state index is 0.0708. The maximum absolute atomic E-state index is 11.9. The van der Waals surface area contributed by atoms with Crippen LogP contribution in [-0.2, 0) is 9.47 Å². The molecular weight excluding hydrogens is 408 g/mol. The number of aromatic nitrogens is 1. The van der Waals surface area contributed by atoms with Gasteiger partial charge in [-0.2, -0.15) is 0 Å². The molecule has 0 aromatic carbocycles. The fourth-order valence-electron chi connectivity index (χ4n) is 3.63. The Balaban J connectivity index is 1.70. The quantitative estimate of drug-likeness (QED) is 0.500. The topological polar surface area (TPSA) is 122 Å². The minimum Gasteiger partial charge on any atom is -0.450 e. The Morgan fingerprint density at radius 2 is 1.39 bits per heavy atom. The number of hydrogen-bond donors (Lipinski definition) is 0. The molecule has 170 valence electrons. The fraction of sp³-hybridized carbons (Fsp3) is 0.632. The molecule has 2 aliphatic rings. The molecule has 1 aromatic rings. The van der Waals surface area contributed by atoms with Crippen molar-refractivity contribution in [3.05, 3.63) is 22.2 Å². The van der Waals surface area contributed by atoms with Crippen molar-refractivity contribution in [3.8, 4) is 0 Å². The third-order valence-corrected chi connectivity index (χ3v) is 5.27. The summed E-state index contributed by atoms with van der Waals surface area (Å²) in [5, 5.41) is 11.6. The zero-order valence-electron chi connectivity index (χ0n) is 17.9. The summed E-state index contributed by atoms with van der Waals surface area (Å²) in [6.45, 7) is 7.89. The van der Waals surface area contributed by atoms with Crippen molar-refractivity contribution in [2.45, 2.75) is 13.8 Å². The first-order valence-electron chi connectivity index (χ1n) is 10.4. The summed E-state index contributed by atoms with van der Waals surface area (Å²) in [6.07, 6.45) is -0.711. The third kappa shape index (κ3) is 5.25. The van der Waals surface area contributed by atoms with Crippen molar-refractivity contribution in [1.82, 2.24) is 14.8 Å². The van der Waals surface area contributed by atoms with Gasteiger partial charge < -0.3 is 29.1 Å². The van der Waals surface area contributed by atoms with Gasteiger partial charge in [-0.05, 0) is 19.9 Å². The second-order valence-corrected chi connectivity index (χ2v) is 7.12. The van der Waals surface area contributed by atoms with E-state index in [1.54, 1.807) is 29.7 Å². The molecule has 0 saturated carbocycles. The van der Waals surface area contributed by atoms with E-state index in [-0.39, 0.29) is 17.9 Å². The highest BCUT2D eigenvalue weighted by Crippen LogP contribution is 2.30. The number of anilines is 2. The van der Waals surface area contributed by atoms with Crippen LogP contribution in [0.15, 0.2) is 12.1 Å². The molecule has 2 amide bonds. The van der Waals surface area contributed by atoms with Gasteiger partial charge in [0.2, 0.25) is 5.82 Å². The zero-order valence-corrected chi connectivity index (χ0v) is 17.9. The molecule has 3 heterocycles. The molecule has 0 unspecified atom stereocenters. The van der Waals surface area contributed by atoms with E-state index >= 15 is 0 Å². The van der Waals surface area contributed by atoms with Crippen LogP contribution in [0.4, 0.5) is 26.9 Å². The SMILES string of the molecule is CCOC(=O)N1CCN(c2ccc([N+](=O)[O-])c(N3CCN(C(=O)OCC)CC3)n2)CC1. The van der Waals surface area contributed by atoms with Crippen molar-refractivity contribution < 1.29 is 24.0 Å². The second-order valence-electron chi connectivity index (χ2n) is 7.12. The Kier molecular flexibility index (Phi) is 7.32. The molecule has 31 heavy (non-hydrogen) atoms. The largest absolute Gasteiger partial charge is 0.450 e. The molecule has 2 aliphatic heterocycles.